The number of carbonyl (C=O) groups excluding carboxylic acids is 1. The number of nitrogens with zero attached hydrogens (tertiary/aromatic N) is 2. The molecule has 2 aliphatic rings. The van der Waals surface area contributed by atoms with Gasteiger partial charge in [-0.25, -0.2) is 8.42 Å². The van der Waals surface area contributed by atoms with E-state index in [-0.39, 0.29) is 29.5 Å². The number of carbonyl (C=O) groups is 1. The Morgan fingerprint density at radius 3 is 2.55 bits per heavy atom. The Kier molecular flexibility index (Phi) is 3.96. The van der Waals surface area contributed by atoms with Gasteiger partial charge in [-0.2, -0.15) is 4.31 Å². The molecule has 2 saturated heterocycles. The normalized spacial score (nSPS) is 26.8. The highest BCUT2D eigenvalue weighted by Gasteiger charge is 2.44. The summed E-state index contributed by atoms with van der Waals surface area (Å²) in [6.45, 7) is 2.84. The number of benzene rings is 1. The van der Waals surface area contributed by atoms with Crippen LogP contribution in [0.2, 0.25) is 0 Å². The van der Waals surface area contributed by atoms with Crippen LogP contribution < -0.4 is 0 Å². The average molecular weight is 324 g/mol. The summed E-state index contributed by atoms with van der Waals surface area (Å²) in [6.07, 6.45) is 0.102. The Hall–Kier alpha value is -1.44. The van der Waals surface area contributed by atoms with E-state index in [0.29, 0.717) is 19.6 Å². The summed E-state index contributed by atoms with van der Waals surface area (Å²) in [6, 6.07) is 6.60. The number of ether oxygens (including phenoxy) is 1. The number of amides is 1. The quantitative estimate of drug-likeness (QED) is 0.800. The summed E-state index contributed by atoms with van der Waals surface area (Å²) < 4.78 is 32.6. The lowest BCUT2D eigenvalue weighted by molar-refractivity contribution is -0.130. The van der Waals surface area contributed by atoms with E-state index in [1.165, 1.54) is 4.31 Å². The smallest absolute Gasteiger partial charge is 0.243 e. The number of aryl methyl sites for hydroxylation is 1. The third-order valence-electron chi connectivity index (χ3n) is 4.40. The molecule has 7 heteroatoms. The standard InChI is InChI=1S/C15H20N2O4S/c1-11-3-5-12(6-4-11)22(19,20)17-9-13-14(10-17)21-8-7-15(18)16(13)2/h3-6,13-14H,7-10H2,1-2H3/t13-,14-/m0/s1. The van der Waals surface area contributed by atoms with Crippen LogP contribution in [-0.2, 0) is 19.6 Å². The van der Waals surface area contributed by atoms with Crippen LogP contribution in [0.4, 0.5) is 0 Å². The fourth-order valence-corrected chi connectivity index (χ4v) is 4.44. The Labute approximate surface area is 130 Å². The van der Waals surface area contributed by atoms with Gasteiger partial charge in [0.15, 0.2) is 0 Å². The maximum atomic E-state index is 12.7. The minimum atomic E-state index is -3.55. The Bertz CT molecular complexity index is 671. The van der Waals surface area contributed by atoms with Crippen LogP contribution in [0, 0.1) is 6.92 Å². The lowest BCUT2D eigenvalue weighted by Crippen LogP contribution is -2.43. The topological polar surface area (TPSA) is 66.9 Å². The van der Waals surface area contributed by atoms with Gasteiger partial charge >= 0.3 is 0 Å². The molecule has 0 bridgehead atoms. The largest absolute Gasteiger partial charge is 0.374 e. The van der Waals surface area contributed by atoms with Gasteiger partial charge in [0.2, 0.25) is 15.9 Å². The molecule has 2 fully saturated rings. The van der Waals surface area contributed by atoms with Gasteiger partial charge in [-0.15, -0.1) is 0 Å². The van der Waals surface area contributed by atoms with Gasteiger partial charge in [0.25, 0.3) is 0 Å². The zero-order valence-electron chi connectivity index (χ0n) is 12.7. The minimum Gasteiger partial charge on any atom is -0.374 e. The molecule has 6 nitrogen and oxygen atoms in total. The van der Waals surface area contributed by atoms with Crippen molar-refractivity contribution in [1.82, 2.24) is 9.21 Å². The molecule has 2 atom stereocenters. The maximum Gasteiger partial charge on any atom is 0.243 e. The number of rotatable bonds is 2. The molecule has 1 amide bonds. The number of hydrogen-bond acceptors (Lipinski definition) is 4. The van der Waals surface area contributed by atoms with Crippen molar-refractivity contribution in [2.24, 2.45) is 0 Å². The first kappa shape index (κ1) is 15.5. The molecular formula is C15H20N2O4S. The third kappa shape index (κ3) is 2.64. The minimum absolute atomic E-state index is 0.00193. The molecule has 22 heavy (non-hydrogen) atoms. The van der Waals surface area contributed by atoms with E-state index in [0.717, 1.165) is 5.56 Å². The molecule has 1 aromatic carbocycles. The van der Waals surface area contributed by atoms with E-state index >= 15 is 0 Å². The fraction of sp³-hybridized carbons (Fsp3) is 0.533. The van der Waals surface area contributed by atoms with Crippen LogP contribution in [0.5, 0.6) is 0 Å². The summed E-state index contributed by atoms with van der Waals surface area (Å²) in [5.74, 6) is 0.00193. The Balaban J connectivity index is 1.85. The second-order valence-corrected chi connectivity index (χ2v) is 7.80. The summed E-state index contributed by atoms with van der Waals surface area (Å²) in [5.41, 5.74) is 1.01. The van der Waals surface area contributed by atoms with E-state index < -0.39 is 10.0 Å². The van der Waals surface area contributed by atoms with Crippen molar-refractivity contribution >= 4 is 15.9 Å². The molecule has 3 rings (SSSR count). The van der Waals surface area contributed by atoms with Gasteiger partial charge in [-0.1, -0.05) is 17.7 Å². The van der Waals surface area contributed by atoms with Crippen molar-refractivity contribution in [3.8, 4) is 0 Å². The highest BCUT2D eigenvalue weighted by molar-refractivity contribution is 7.89. The predicted octanol–water partition coefficient (Wildman–Crippen LogP) is 0.615. The average Bonchev–Trinajstić information content (AvgIpc) is 2.86. The van der Waals surface area contributed by atoms with E-state index in [2.05, 4.69) is 0 Å². The van der Waals surface area contributed by atoms with Crippen molar-refractivity contribution in [2.75, 3.05) is 26.7 Å². The van der Waals surface area contributed by atoms with Crippen LogP contribution in [0.25, 0.3) is 0 Å². The Morgan fingerprint density at radius 1 is 1.18 bits per heavy atom. The van der Waals surface area contributed by atoms with Crippen molar-refractivity contribution in [3.63, 3.8) is 0 Å². The van der Waals surface area contributed by atoms with Crippen LogP contribution in [-0.4, -0.2) is 62.4 Å². The molecule has 2 aliphatic heterocycles. The van der Waals surface area contributed by atoms with E-state index in [1.807, 2.05) is 6.92 Å². The van der Waals surface area contributed by atoms with Gasteiger partial charge < -0.3 is 9.64 Å². The van der Waals surface area contributed by atoms with Gasteiger partial charge in [0.1, 0.15) is 0 Å². The van der Waals surface area contributed by atoms with E-state index in [1.54, 1.807) is 36.2 Å². The molecule has 0 unspecified atom stereocenters. The molecule has 0 aromatic heterocycles. The summed E-state index contributed by atoms with van der Waals surface area (Å²) in [5, 5.41) is 0. The highest BCUT2D eigenvalue weighted by atomic mass is 32.2. The lowest BCUT2D eigenvalue weighted by Gasteiger charge is -2.25. The summed E-state index contributed by atoms with van der Waals surface area (Å²) in [4.78, 5) is 13.8. The van der Waals surface area contributed by atoms with Crippen molar-refractivity contribution in [3.05, 3.63) is 29.8 Å². The van der Waals surface area contributed by atoms with Crippen LogP contribution in [0.3, 0.4) is 0 Å². The first-order valence-corrected chi connectivity index (χ1v) is 8.77. The zero-order valence-corrected chi connectivity index (χ0v) is 13.5. The number of sulfonamides is 1. The summed E-state index contributed by atoms with van der Waals surface area (Å²) in [7, 11) is -1.83. The number of likely N-dealkylation sites (N-methyl/N-ethyl adjacent to an activating group) is 1. The van der Waals surface area contributed by atoms with Gasteiger partial charge in [-0.05, 0) is 19.1 Å². The second kappa shape index (κ2) is 5.64. The van der Waals surface area contributed by atoms with Crippen LogP contribution in [0.1, 0.15) is 12.0 Å². The third-order valence-corrected chi connectivity index (χ3v) is 6.25. The first-order chi connectivity index (χ1) is 10.4. The molecule has 0 aliphatic carbocycles. The van der Waals surface area contributed by atoms with Crippen molar-refractivity contribution in [2.45, 2.75) is 30.4 Å². The van der Waals surface area contributed by atoms with Crippen molar-refractivity contribution < 1.29 is 17.9 Å². The first-order valence-electron chi connectivity index (χ1n) is 7.33. The summed E-state index contributed by atoms with van der Waals surface area (Å²) >= 11 is 0. The van der Waals surface area contributed by atoms with E-state index in [9.17, 15) is 13.2 Å². The van der Waals surface area contributed by atoms with Crippen LogP contribution in [0.15, 0.2) is 29.2 Å². The Morgan fingerprint density at radius 2 is 1.86 bits per heavy atom. The molecule has 0 spiro atoms. The fourth-order valence-electron chi connectivity index (χ4n) is 2.97. The SMILES string of the molecule is Cc1ccc(S(=O)(=O)N2C[C@@H]3OCCC(=O)N(C)[C@H]3C2)cc1. The number of hydrogen-bond donors (Lipinski definition) is 0. The molecule has 0 N–H and O–H groups in total. The molecule has 2 heterocycles. The molecule has 0 radical (unpaired) electrons. The van der Waals surface area contributed by atoms with Crippen molar-refractivity contribution in [1.29, 1.82) is 0 Å². The lowest BCUT2D eigenvalue weighted by atomic mass is 10.2. The zero-order chi connectivity index (χ0) is 15.9. The van der Waals surface area contributed by atoms with Crippen LogP contribution >= 0.6 is 0 Å². The van der Waals surface area contributed by atoms with Gasteiger partial charge in [0, 0.05) is 20.1 Å². The van der Waals surface area contributed by atoms with E-state index in [4.69, 9.17) is 4.74 Å². The van der Waals surface area contributed by atoms with Gasteiger partial charge in [-0.3, -0.25) is 4.79 Å². The molecular weight excluding hydrogens is 304 g/mol. The second-order valence-electron chi connectivity index (χ2n) is 5.87. The molecule has 120 valence electrons. The highest BCUT2D eigenvalue weighted by Crippen LogP contribution is 2.27. The predicted molar refractivity (Wildman–Crippen MR) is 80.9 cm³/mol. The van der Waals surface area contributed by atoms with Gasteiger partial charge in [0.05, 0.1) is 30.1 Å². The molecule has 0 saturated carbocycles. The number of fused-ring (bicyclic) bond motifs is 1. The maximum absolute atomic E-state index is 12.7. The monoisotopic (exact) mass is 324 g/mol. The molecule has 1 aromatic rings.